The molecule has 1 atom stereocenters. The fourth-order valence-corrected chi connectivity index (χ4v) is 3.45. The third kappa shape index (κ3) is 5.05. The van der Waals surface area contributed by atoms with Crippen molar-refractivity contribution in [3.63, 3.8) is 0 Å². The van der Waals surface area contributed by atoms with Gasteiger partial charge in [0.1, 0.15) is 12.4 Å². The van der Waals surface area contributed by atoms with Crippen LogP contribution in [0.5, 0.6) is 0 Å². The number of hydrogen-bond acceptors (Lipinski definition) is 5. The second-order valence-electron chi connectivity index (χ2n) is 6.81. The van der Waals surface area contributed by atoms with Crippen LogP contribution in [0.3, 0.4) is 0 Å². The molecule has 0 bridgehead atoms. The Hall–Kier alpha value is -2.45. The molecule has 1 amide bonds. The molecule has 1 aromatic carbocycles. The van der Waals surface area contributed by atoms with Crippen molar-refractivity contribution >= 4 is 23.2 Å². The first-order valence-corrected chi connectivity index (χ1v) is 9.22. The molecule has 27 heavy (non-hydrogen) atoms. The average Bonchev–Trinajstić information content (AvgIpc) is 3.10. The number of aromatic nitrogens is 2. The molecule has 3 rings (SSSR count). The van der Waals surface area contributed by atoms with Crippen LogP contribution in [0.2, 0.25) is 5.02 Å². The van der Waals surface area contributed by atoms with Crippen LogP contribution in [0.4, 0.5) is 5.69 Å². The fourth-order valence-electron chi connectivity index (χ4n) is 3.24. The summed E-state index contributed by atoms with van der Waals surface area (Å²) >= 11 is 6.03. The Morgan fingerprint density at radius 1 is 1.33 bits per heavy atom. The first-order valence-electron chi connectivity index (χ1n) is 8.85. The Morgan fingerprint density at radius 3 is 2.70 bits per heavy atom. The SMILES string of the molecule is CC(Cn1cc([N+](=O)[O-])cn1)C(=O)N1CCN(Cc2cccc(Cl)c2)CC1. The number of amides is 1. The van der Waals surface area contributed by atoms with Crippen LogP contribution >= 0.6 is 11.6 Å². The number of rotatable bonds is 6. The number of piperazine rings is 1. The monoisotopic (exact) mass is 391 g/mol. The molecular weight excluding hydrogens is 370 g/mol. The maximum atomic E-state index is 12.7. The highest BCUT2D eigenvalue weighted by atomic mass is 35.5. The van der Waals surface area contributed by atoms with E-state index < -0.39 is 4.92 Å². The van der Waals surface area contributed by atoms with Crippen LogP contribution in [0.25, 0.3) is 0 Å². The summed E-state index contributed by atoms with van der Waals surface area (Å²) in [7, 11) is 0. The maximum absolute atomic E-state index is 12.7. The third-order valence-electron chi connectivity index (χ3n) is 4.69. The van der Waals surface area contributed by atoms with Crippen LogP contribution in [0, 0.1) is 16.0 Å². The van der Waals surface area contributed by atoms with Gasteiger partial charge in [-0.2, -0.15) is 5.10 Å². The van der Waals surface area contributed by atoms with Crippen molar-refractivity contribution in [2.75, 3.05) is 26.2 Å². The molecule has 0 N–H and O–H groups in total. The van der Waals surface area contributed by atoms with Gasteiger partial charge >= 0.3 is 5.69 Å². The Labute approximate surface area is 162 Å². The van der Waals surface area contributed by atoms with Crippen LogP contribution in [0.15, 0.2) is 36.7 Å². The molecule has 0 radical (unpaired) electrons. The number of nitro groups is 1. The third-order valence-corrected chi connectivity index (χ3v) is 4.93. The summed E-state index contributed by atoms with van der Waals surface area (Å²) < 4.78 is 1.45. The van der Waals surface area contributed by atoms with Crippen molar-refractivity contribution in [1.29, 1.82) is 0 Å². The van der Waals surface area contributed by atoms with Gasteiger partial charge in [0.25, 0.3) is 0 Å². The second-order valence-corrected chi connectivity index (χ2v) is 7.25. The van der Waals surface area contributed by atoms with E-state index >= 15 is 0 Å². The molecule has 9 heteroatoms. The number of halogens is 1. The first kappa shape index (κ1) is 19.3. The second kappa shape index (κ2) is 8.49. The van der Waals surface area contributed by atoms with Crippen molar-refractivity contribution in [3.8, 4) is 0 Å². The van der Waals surface area contributed by atoms with Crippen LogP contribution in [-0.2, 0) is 17.9 Å². The molecule has 1 unspecified atom stereocenters. The number of carbonyl (C=O) groups is 1. The maximum Gasteiger partial charge on any atom is 0.306 e. The molecule has 0 spiro atoms. The van der Waals surface area contributed by atoms with Crippen molar-refractivity contribution in [1.82, 2.24) is 19.6 Å². The predicted molar refractivity (Wildman–Crippen MR) is 101 cm³/mol. The fraction of sp³-hybridized carbons (Fsp3) is 0.444. The van der Waals surface area contributed by atoms with E-state index in [0.717, 1.165) is 30.2 Å². The summed E-state index contributed by atoms with van der Waals surface area (Å²) in [5.74, 6) is -0.237. The van der Waals surface area contributed by atoms with Gasteiger partial charge in [-0.15, -0.1) is 0 Å². The molecule has 1 aliphatic rings. The largest absolute Gasteiger partial charge is 0.340 e. The molecule has 8 nitrogen and oxygen atoms in total. The predicted octanol–water partition coefficient (Wildman–Crippen LogP) is 2.43. The standard InChI is InChI=1S/C18H22ClN5O3/c1-14(11-23-13-17(10-20-23)24(26)27)18(25)22-7-5-21(6-8-22)12-15-3-2-4-16(19)9-15/h2-4,9-10,13-14H,5-8,11-12H2,1H3. The molecule has 2 heterocycles. The first-order chi connectivity index (χ1) is 12.9. The van der Waals surface area contributed by atoms with E-state index in [-0.39, 0.29) is 17.5 Å². The Balaban J connectivity index is 1.49. The van der Waals surface area contributed by atoms with E-state index in [2.05, 4.69) is 16.1 Å². The number of nitrogens with zero attached hydrogens (tertiary/aromatic N) is 5. The van der Waals surface area contributed by atoms with Crippen molar-refractivity contribution < 1.29 is 9.72 Å². The Morgan fingerprint density at radius 2 is 2.07 bits per heavy atom. The molecule has 1 saturated heterocycles. The number of carbonyl (C=O) groups excluding carboxylic acids is 1. The van der Waals surface area contributed by atoms with Crippen LogP contribution in [0.1, 0.15) is 12.5 Å². The van der Waals surface area contributed by atoms with E-state index in [0.29, 0.717) is 19.6 Å². The van der Waals surface area contributed by atoms with E-state index in [1.165, 1.54) is 17.1 Å². The molecule has 144 valence electrons. The van der Waals surface area contributed by atoms with Gasteiger partial charge in [-0.05, 0) is 17.7 Å². The summed E-state index contributed by atoms with van der Waals surface area (Å²) in [5, 5.41) is 15.4. The van der Waals surface area contributed by atoms with Gasteiger partial charge in [-0.25, -0.2) is 0 Å². The molecule has 1 aliphatic heterocycles. The zero-order chi connectivity index (χ0) is 19.4. The summed E-state index contributed by atoms with van der Waals surface area (Å²) in [6.07, 6.45) is 2.55. The van der Waals surface area contributed by atoms with E-state index in [1.54, 1.807) is 0 Å². The highest BCUT2D eigenvalue weighted by Gasteiger charge is 2.25. The number of hydrogen-bond donors (Lipinski definition) is 0. The molecule has 0 saturated carbocycles. The lowest BCUT2D eigenvalue weighted by atomic mass is 10.1. The van der Waals surface area contributed by atoms with Crippen molar-refractivity contribution in [2.45, 2.75) is 20.0 Å². The van der Waals surface area contributed by atoms with Gasteiger partial charge in [0.15, 0.2) is 0 Å². The lowest BCUT2D eigenvalue weighted by molar-refractivity contribution is -0.385. The summed E-state index contributed by atoms with van der Waals surface area (Å²) in [5.41, 5.74) is 1.10. The Kier molecular flexibility index (Phi) is 6.08. The highest BCUT2D eigenvalue weighted by Crippen LogP contribution is 2.16. The van der Waals surface area contributed by atoms with Gasteiger partial charge in [0, 0.05) is 37.7 Å². The summed E-state index contributed by atoms with van der Waals surface area (Å²) in [6.45, 7) is 5.92. The topological polar surface area (TPSA) is 84.5 Å². The van der Waals surface area contributed by atoms with E-state index in [4.69, 9.17) is 11.6 Å². The van der Waals surface area contributed by atoms with Gasteiger partial charge in [0.05, 0.1) is 17.4 Å². The van der Waals surface area contributed by atoms with Crippen molar-refractivity contribution in [2.24, 2.45) is 5.92 Å². The minimum Gasteiger partial charge on any atom is -0.340 e. The van der Waals surface area contributed by atoms with E-state index in [9.17, 15) is 14.9 Å². The molecule has 1 aromatic heterocycles. The lowest BCUT2D eigenvalue weighted by Crippen LogP contribution is -2.50. The van der Waals surface area contributed by atoms with Crippen molar-refractivity contribution in [3.05, 3.63) is 57.4 Å². The van der Waals surface area contributed by atoms with Gasteiger partial charge < -0.3 is 4.90 Å². The lowest BCUT2D eigenvalue weighted by Gasteiger charge is -2.36. The minimum atomic E-state index is -0.491. The minimum absolute atomic E-state index is 0.0514. The smallest absolute Gasteiger partial charge is 0.306 e. The van der Waals surface area contributed by atoms with Gasteiger partial charge in [0.2, 0.25) is 5.91 Å². The van der Waals surface area contributed by atoms with Crippen LogP contribution < -0.4 is 0 Å². The zero-order valence-electron chi connectivity index (χ0n) is 15.1. The van der Waals surface area contributed by atoms with Crippen LogP contribution in [-0.4, -0.2) is 56.6 Å². The molecule has 1 fully saturated rings. The average molecular weight is 392 g/mol. The molecule has 2 aromatic rings. The highest BCUT2D eigenvalue weighted by molar-refractivity contribution is 6.30. The summed E-state index contributed by atoms with van der Waals surface area (Å²) in [4.78, 5) is 27.1. The Bertz CT molecular complexity index is 817. The normalized spacial score (nSPS) is 16.3. The van der Waals surface area contributed by atoms with E-state index in [1.807, 2.05) is 30.0 Å². The molecule has 0 aliphatic carbocycles. The quantitative estimate of drug-likeness (QED) is 0.557. The molecular formula is C18H22ClN5O3. The van der Waals surface area contributed by atoms with Gasteiger partial charge in [-0.3, -0.25) is 24.5 Å². The number of benzene rings is 1. The zero-order valence-corrected chi connectivity index (χ0v) is 15.9. The summed E-state index contributed by atoms with van der Waals surface area (Å²) in [6, 6.07) is 7.81. The van der Waals surface area contributed by atoms with Gasteiger partial charge in [-0.1, -0.05) is 30.7 Å².